The summed E-state index contributed by atoms with van der Waals surface area (Å²) in [5.74, 6) is 0.0149. The number of fused-ring (bicyclic) bond motifs is 1. The lowest BCUT2D eigenvalue weighted by Crippen LogP contribution is -2.51. The molecule has 1 aliphatic rings. The maximum atomic E-state index is 12.7. The number of rotatable bonds is 4. The molecule has 0 saturated heterocycles. The first-order chi connectivity index (χ1) is 14.5. The van der Waals surface area contributed by atoms with E-state index in [1.165, 1.54) is 11.3 Å². The number of hydrogen-bond acceptors (Lipinski definition) is 3. The molecule has 0 spiro atoms. The van der Waals surface area contributed by atoms with Gasteiger partial charge in [0.25, 0.3) is 5.91 Å². The molecule has 1 amide bonds. The molecule has 1 atom stereocenters. The highest BCUT2D eigenvalue weighted by Crippen LogP contribution is 2.45. The van der Waals surface area contributed by atoms with Crippen LogP contribution in [0.15, 0.2) is 42.0 Å². The predicted molar refractivity (Wildman–Crippen MR) is 129 cm³/mol. The Kier molecular flexibility index (Phi) is 6.27. The van der Waals surface area contributed by atoms with Gasteiger partial charge in [-0.2, -0.15) is 5.26 Å². The molecule has 162 valence electrons. The Morgan fingerprint density at radius 1 is 1.23 bits per heavy atom. The minimum atomic E-state index is -0.388. The number of hydrogen-bond donors (Lipinski definition) is 1. The summed E-state index contributed by atoms with van der Waals surface area (Å²) in [5, 5.41) is 12.5. The van der Waals surface area contributed by atoms with Gasteiger partial charge in [0, 0.05) is 23.0 Å². The predicted octanol–water partition coefficient (Wildman–Crippen LogP) is 6.35. The van der Waals surface area contributed by atoms with Crippen molar-refractivity contribution < 1.29 is 4.79 Å². The number of anilines is 2. The highest BCUT2D eigenvalue weighted by atomic mass is 16.1. The van der Waals surface area contributed by atoms with E-state index in [1.807, 2.05) is 38.1 Å². The zero-order valence-corrected chi connectivity index (χ0v) is 19.7. The topological polar surface area (TPSA) is 56.1 Å². The first kappa shape index (κ1) is 22.6. The number of benzene rings is 2. The number of carbonyl (C=O) groups excluding carboxylic acids is 1. The summed E-state index contributed by atoms with van der Waals surface area (Å²) in [4.78, 5) is 15.2. The van der Waals surface area contributed by atoms with E-state index in [4.69, 9.17) is 0 Å². The molecule has 4 nitrogen and oxygen atoms in total. The number of carbonyl (C=O) groups is 1. The average molecular weight is 416 g/mol. The Morgan fingerprint density at radius 2 is 1.87 bits per heavy atom. The summed E-state index contributed by atoms with van der Waals surface area (Å²) in [7, 11) is 0. The van der Waals surface area contributed by atoms with Gasteiger partial charge in [-0.15, -0.1) is 0 Å². The molecular formula is C27H33N3O. The summed E-state index contributed by atoms with van der Waals surface area (Å²) < 4.78 is 0. The van der Waals surface area contributed by atoms with Gasteiger partial charge in [0.1, 0.15) is 11.6 Å². The average Bonchev–Trinajstić information content (AvgIpc) is 2.67. The lowest BCUT2D eigenvalue weighted by Gasteiger charge is -2.50. The van der Waals surface area contributed by atoms with Gasteiger partial charge in [0.2, 0.25) is 0 Å². The van der Waals surface area contributed by atoms with Crippen molar-refractivity contribution in [2.45, 2.75) is 72.4 Å². The van der Waals surface area contributed by atoms with E-state index in [-0.39, 0.29) is 17.0 Å². The highest BCUT2D eigenvalue weighted by molar-refractivity contribution is 6.09. The summed E-state index contributed by atoms with van der Waals surface area (Å²) in [5.41, 5.74) is 6.50. The molecule has 0 bridgehead atoms. The van der Waals surface area contributed by atoms with Gasteiger partial charge < -0.3 is 10.2 Å². The zero-order valence-electron chi connectivity index (χ0n) is 19.7. The monoisotopic (exact) mass is 415 g/mol. The maximum Gasteiger partial charge on any atom is 0.266 e. The van der Waals surface area contributed by atoms with Crippen LogP contribution in [0.25, 0.3) is 6.08 Å². The second-order valence-corrected chi connectivity index (χ2v) is 9.64. The fraction of sp³-hybridized carbons (Fsp3) is 0.407. The third-order valence-electron chi connectivity index (χ3n) is 6.15. The molecule has 1 N–H and O–H groups in total. The molecule has 31 heavy (non-hydrogen) atoms. The third-order valence-corrected chi connectivity index (χ3v) is 6.15. The smallest absolute Gasteiger partial charge is 0.266 e. The van der Waals surface area contributed by atoms with Crippen molar-refractivity contribution in [1.29, 1.82) is 5.26 Å². The number of nitrogens with one attached hydrogen (secondary N) is 1. The fourth-order valence-corrected chi connectivity index (χ4v) is 4.89. The maximum absolute atomic E-state index is 12.7. The quantitative estimate of drug-likeness (QED) is 0.467. The Morgan fingerprint density at radius 3 is 2.45 bits per heavy atom. The summed E-state index contributed by atoms with van der Waals surface area (Å²) in [6, 6.07) is 14.4. The van der Waals surface area contributed by atoms with Crippen LogP contribution in [-0.4, -0.2) is 17.5 Å². The molecule has 0 aromatic heterocycles. The van der Waals surface area contributed by atoms with Crippen LogP contribution in [0.5, 0.6) is 0 Å². The van der Waals surface area contributed by atoms with E-state index in [0.717, 1.165) is 23.1 Å². The van der Waals surface area contributed by atoms with Crippen molar-refractivity contribution in [1.82, 2.24) is 0 Å². The lowest BCUT2D eigenvalue weighted by molar-refractivity contribution is -0.112. The molecule has 0 radical (unpaired) electrons. The van der Waals surface area contributed by atoms with Crippen LogP contribution in [0.1, 0.15) is 69.2 Å². The van der Waals surface area contributed by atoms with Crippen LogP contribution in [-0.2, 0) is 4.79 Å². The van der Waals surface area contributed by atoms with Crippen molar-refractivity contribution >= 4 is 23.4 Å². The molecule has 1 aliphatic heterocycles. The normalized spacial score (nSPS) is 17.8. The standard InChI is InChI=1S/C27H33N3O/c1-17(2)30-25-12-19(4)21(14-24(25)20(5)15-27(30,6)7)13-22(16-28)26(31)29-23-10-8-18(3)9-11-23/h8-14,17,20H,15H2,1-7H3,(H,29,31)/b22-13-/t20-/m1/s1. The number of nitrogens with zero attached hydrogens (tertiary/aromatic N) is 2. The molecule has 2 aromatic rings. The van der Waals surface area contributed by atoms with Gasteiger partial charge in [-0.1, -0.05) is 24.6 Å². The van der Waals surface area contributed by atoms with Crippen molar-refractivity contribution in [3.63, 3.8) is 0 Å². The van der Waals surface area contributed by atoms with E-state index in [9.17, 15) is 10.1 Å². The summed E-state index contributed by atoms with van der Waals surface area (Å²) in [6.45, 7) is 15.4. The van der Waals surface area contributed by atoms with Crippen LogP contribution >= 0.6 is 0 Å². The second-order valence-electron chi connectivity index (χ2n) is 9.64. The van der Waals surface area contributed by atoms with Crippen LogP contribution in [0.2, 0.25) is 0 Å². The SMILES string of the molecule is Cc1ccc(NC(=O)/C(C#N)=C\c2cc3c(cc2C)N(C(C)C)C(C)(C)C[C@H]3C)cc1. The Hall–Kier alpha value is -3.06. The van der Waals surface area contributed by atoms with E-state index in [2.05, 4.69) is 63.0 Å². The minimum absolute atomic E-state index is 0.0795. The first-order valence-electron chi connectivity index (χ1n) is 11.0. The Bertz CT molecular complexity index is 1060. The van der Waals surface area contributed by atoms with Crippen molar-refractivity contribution in [3.05, 3.63) is 64.2 Å². The first-order valence-corrected chi connectivity index (χ1v) is 11.0. The largest absolute Gasteiger partial charge is 0.364 e. The van der Waals surface area contributed by atoms with Crippen molar-refractivity contribution in [2.75, 3.05) is 10.2 Å². The van der Waals surface area contributed by atoms with Crippen LogP contribution in [0.3, 0.4) is 0 Å². The number of nitriles is 1. The molecule has 0 unspecified atom stereocenters. The molecule has 1 heterocycles. The van der Waals surface area contributed by atoms with Gasteiger partial charge in [0.15, 0.2) is 0 Å². The summed E-state index contributed by atoms with van der Waals surface area (Å²) >= 11 is 0. The van der Waals surface area contributed by atoms with Crippen LogP contribution in [0.4, 0.5) is 11.4 Å². The van der Waals surface area contributed by atoms with E-state index in [0.29, 0.717) is 17.6 Å². The second kappa shape index (κ2) is 8.59. The van der Waals surface area contributed by atoms with Gasteiger partial charge in [-0.3, -0.25) is 4.79 Å². The van der Waals surface area contributed by atoms with Crippen molar-refractivity contribution in [2.24, 2.45) is 0 Å². The Labute approximate surface area is 186 Å². The van der Waals surface area contributed by atoms with Gasteiger partial charge in [-0.05, 0) is 101 Å². The van der Waals surface area contributed by atoms with E-state index < -0.39 is 0 Å². The number of aryl methyl sites for hydroxylation is 2. The highest BCUT2D eigenvalue weighted by Gasteiger charge is 2.37. The zero-order chi connectivity index (χ0) is 22.9. The van der Waals surface area contributed by atoms with Gasteiger partial charge in [0.05, 0.1) is 0 Å². The minimum Gasteiger partial charge on any atom is -0.364 e. The molecule has 4 heteroatoms. The number of amides is 1. The molecule has 3 rings (SSSR count). The van der Waals surface area contributed by atoms with Crippen molar-refractivity contribution in [3.8, 4) is 6.07 Å². The van der Waals surface area contributed by atoms with E-state index >= 15 is 0 Å². The van der Waals surface area contributed by atoms with Gasteiger partial charge >= 0.3 is 0 Å². The molecule has 0 aliphatic carbocycles. The molecule has 0 fully saturated rings. The molecule has 2 aromatic carbocycles. The summed E-state index contributed by atoms with van der Waals surface area (Å²) in [6.07, 6.45) is 2.77. The van der Waals surface area contributed by atoms with Crippen LogP contribution in [0, 0.1) is 25.2 Å². The van der Waals surface area contributed by atoms with Gasteiger partial charge in [-0.25, -0.2) is 0 Å². The molecule has 0 saturated carbocycles. The third kappa shape index (κ3) is 4.66. The lowest BCUT2D eigenvalue weighted by atomic mass is 9.78. The van der Waals surface area contributed by atoms with E-state index in [1.54, 1.807) is 6.08 Å². The Balaban J connectivity index is 1.98. The fourth-order valence-electron chi connectivity index (χ4n) is 4.89. The molecular weight excluding hydrogens is 382 g/mol. The van der Waals surface area contributed by atoms with Crippen LogP contribution < -0.4 is 10.2 Å².